The van der Waals surface area contributed by atoms with Crippen LogP contribution >= 0.6 is 23.2 Å². The Morgan fingerprint density at radius 2 is 2.10 bits per heavy atom. The number of aromatic nitrogens is 2. The number of carbonyl (C=O) groups excluding carboxylic acids is 1. The number of benzene rings is 1. The van der Waals surface area contributed by atoms with E-state index < -0.39 is 0 Å². The minimum atomic E-state index is -0.103. The van der Waals surface area contributed by atoms with Crippen molar-refractivity contribution in [2.24, 2.45) is 0 Å². The molecule has 0 aliphatic rings. The molecule has 0 bridgehead atoms. The molecule has 4 nitrogen and oxygen atoms in total. The first-order valence-corrected chi connectivity index (χ1v) is 6.99. The van der Waals surface area contributed by atoms with Gasteiger partial charge in [-0.2, -0.15) is 5.10 Å². The predicted octanol–water partition coefficient (Wildman–Crippen LogP) is 3.90. The van der Waals surface area contributed by atoms with Crippen molar-refractivity contribution in [3.63, 3.8) is 0 Å². The molecule has 1 aromatic carbocycles. The molecule has 0 fully saturated rings. The summed E-state index contributed by atoms with van der Waals surface area (Å²) in [4.78, 5) is 12.0. The molecule has 6 heteroatoms. The van der Waals surface area contributed by atoms with Crippen LogP contribution < -0.4 is 5.32 Å². The second-order valence-corrected chi connectivity index (χ2v) is 5.35. The van der Waals surface area contributed by atoms with Crippen LogP contribution in [0.5, 0.6) is 0 Å². The zero-order chi connectivity index (χ0) is 14.7. The number of amides is 1. The number of nitrogens with one attached hydrogen (secondary N) is 2. The number of nitrogens with zero attached hydrogens (tertiary/aromatic N) is 1. The van der Waals surface area contributed by atoms with Gasteiger partial charge in [0.2, 0.25) is 5.91 Å². The average Bonchev–Trinajstić information content (AvgIpc) is 2.72. The van der Waals surface area contributed by atoms with Gasteiger partial charge in [-0.3, -0.25) is 9.89 Å². The summed E-state index contributed by atoms with van der Waals surface area (Å²) in [5.74, 6) is -0.103. The molecular weight excluding hydrogens is 297 g/mol. The minimum Gasteiger partial charge on any atom is -0.325 e. The first kappa shape index (κ1) is 14.9. The van der Waals surface area contributed by atoms with Crippen molar-refractivity contribution >= 4 is 34.8 Å². The maximum atomic E-state index is 12.0. The fourth-order valence-electron chi connectivity index (χ4n) is 1.99. The van der Waals surface area contributed by atoms with Crippen LogP contribution in [-0.4, -0.2) is 16.1 Å². The third-order valence-corrected chi connectivity index (χ3v) is 3.93. The van der Waals surface area contributed by atoms with Gasteiger partial charge in [0, 0.05) is 12.1 Å². The molecule has 0 spiro atoms. The van der Waals surface area contributed by atoms with Gasteiger partial charge < -0.3 is 5.32 Å². The van der Waals surface area contributed by atoms with Crippen molar-refractivity contribution in [1.82, 2.24) is 10.2 Å². The van der Waals surface area contributed by atoms with Gasteiger partial charge in [0.25, 0.3) is 0 Å². The lowest BCUT2D eigenvalue weighted by atomic mass is 10.1. The first-order chi connectivity index (χ1) is 9.49. The Morgan fingerprint density at radius 1 is 1.35 bits per heavy atom. The summed E-state index contributed by atoms with van der Waals surface area (Å²) in [5.41, 5.74) is 3.54. The highest BCUT2D eigenvalue weighted by molar-refractivity contribution is 6.43. The number of hydrogen-bond acceptors (Lipinski definition) is 2. The van der Waals surface area contributed by atoms with Crippen LogP contribution in [-0.2, 0) is 11.2 Å². The van der Waals surface area contributed by atoms with Gasteiger partial charge in [-0.1, -0.05) is 29.3 Å². The highest BCUT2D eigenvalue weighted by Gasteiger charge is 2.11. The largest absolute Gasteiger partial charge is 0.325 e. The number of carbonyl (C=O) groups is 1. The summed E-state index contributed by atoms with van der Waals surface area (Å²) < 4.78 is 0. The Kier molecular flexibility index (Phi) is 4.68. The van der Waals surface area contributed by atoms with Crippen LogP contribution in [0.15, 0.2) is 18.2 Å². The lowest BCUT2D eigenvalue weighted by Crippen LogP contribution is -2.13. The maximum Gasteiger partial charge on any atom is 0.224 e. The van der Waals surface area contributed by atoms with Crippen LogP contribution in [0, 0.1) is 13.8 Å². The molecule has 1 amide bonds. The summed E-state index contributed by atoms with van der Waals surface area (Å²) in [6.07, 6.45) is 1.00. The molecule has 0 atom stereocenters. The Hall–Kier alpha value is -1.52. The van der Waals surface area contributed by atoms with Crippen LogP contribution in [0.4, 0.5) is 5.69 Å². The molecule has 0 saturated heterocycles. The SMILES string of the molecule is Cc1n[nH]c(C)c1CCC(=O)Nc1cccc(Cl)c1Cl. The number of rotatable bonds is 4. The van der Waals surface area contributed by atoms with E-state index in [0.717, 1.165) is 17.0 Å². The number of aromatic amines is 1. The number of aryl methyl sites for hydroxylation is 2. The van der Waals surface area contributed by atoms with Gasteiger partial charge in [0.15, 0.2) is 0 Å². The molecule has 0 radical (unpaired) electrons. The third kappa shape index (κ3) is 3.32. The van der Waals surface area contributed by atoms with E-state index in [9.17, 15) is 4.79 Å². The van der Waals surface area contributed by atoms with Gasteiger partial charge in [0.05, 0.1) is 21.4 Å². The molecule has 0 aliphatic heterocycles. The first-order valence-electron chi connectivity index (χ1n) is 6.23. The molecule has 0 saturated carbocycles. The topological polar surface area (TPSA) is 57.8 Å². The van der Waals surface area contributed by atoms with E-state index in [1.165, 1.54) is 0 Å². The van der Waals surface area contributed by atoms with E-state index in [0.29, 0.717) is 28.6 Å². The number of H-pyrrole nitrogens is 1. The fourth-order valence-corrected chi connectivity index (χ4v) is 2.34. The normalized spacial score (nSPS) is 10.6. The standard InChI is InChI=1S/C14H15Cl2N3O/c1-8-10(9(2)19-18-8)6-7-13(20)17-12-5-3-4-11(15)14(12)16/h3-5H,6-7H2,1-2H3,(H,17,20)(H,18,19). The molecule has 0 aliphatic carbocycles. The molecule has 2 aromatic rings. The molecule has 2 N–H and O–H groups in total. The van der Waals surface area contributed by atoms with Crippen LogP contribution in [0.2, 0.25) is 10.0 Å². The molecular formula is C14H15Cl2N3O. The molecule has 1 heterocycles. The third-order valence-electron chi connectivity index (χ3n) is 3.11. The number of hydrogen-bond donors (Lipinski definition) is 2. The summed E-state index contributed by atoms with van der Waals surface area (Å²) in [5, 5.41) is 10.6. The van der Waals surface area contributed by atoms with Gasteiger partial charge in [-0.05, 0) is 38.0 Å². The van der Waals surface area contributed by atoms with E-state index in [1.54, 1.807) is 18.2 Å². The quantitative estimate of drug-likeness (QED) is 0.899. The van der Waals surface area contributed by atoms with Crippen molar-refractivity contribution in [2.75, 3.05) is 5.32 Å². The van der Waals surface area contributed by atoms with Gasteiger partial charge in [-0.15, -0.1) is 0 Å². The van der Waals surface area contributed by atoms with E-state index in [-0.39, 0.29) is 5.91 Å². The van der Waals surface area contributed by atoms with Gasteiger partial charge in [0.1, 0.15) is 0 Å². The average molecular weight is 312 g/mol. The summed E-state index contributed by atoms with van der Waals surface area (Å²) >= 11 is 11.9. The Bertz CT molecular complexity index is 618. The van der Waals surface area contributed by atoms with Crippen molar-refractivity contribution < 1.29 is 4.79 Å². The van der Waals surface area contributed by atoms with E-state index >= 15 is 0 Å². The lowest BCUT2D eigenvalue weighted by molar-refractivity contribution is -0.116. The van der Waals surface area contributed by atoms with Gasteiger partial charge >= 0.3 is 0 Å². The second-order valence-electron chi connectivity index (χ2n) is 4.56. The van der Waals surface area contributed by atoms with Crippen molar-refractivity contribution in [2.45, 2.75) is 26.7 Å². The number of anilines is 1. The van der Waals surface area contributed by atoms with Crippen molar-refractivity contribution in [1.29, 1.82) is 0 Å². The fraction of sp³-hybridized carbons (Fsp3) is 0.286. The maximum absolute atomic E-state index is 12.0. The van der Waals surface area contributed by atoms with Gasteiger partial charge in [-0.25, -0.2) is 0 Å². The van der Waals surface area contributed by atoms with E-state index in [2.05, 4.69) is 15.5 Å². The molecule has 0 unspecified atom stereocenters. The smallest absolute Gasteiger partial charge is 0.224 e. The molecule has 2 rings (SSSR count). The monoisotopic (exact) mass is 311 g/mol. The Morgan fingerprint density at radius 3 is 2.75 bits per heavy atom. The predicted molar refractivity (Wildman–Crippen MR) is 81.5 cm³/mol. The number of halogens is 2. The van der Waals surface area contributed by atoms with Crippen LogP contribution in [0.25, 0.3) is 0 Å². The minimum absolute atomic E-state index is 0.103. The molecule has 1 aromatic heterocycles. The Balaban J connectivity index is 1.98. The van der Waals surface area contributed by atoms with Crippen molar-refractivity contribution in [3.8, 4) is 0 Å². The zero-order valence-electron chi connectivity index (χ0n) is 11.3. The highest BCUT2D eigenvalue weighted by Crippen LogP contribution is 2.29. The summed E-state index contributed by atoms with van der Waals surface area (Å²) in [7, 11) is 0. The zero-order valence-corrected chi connectivity index (χ0v) is 12.8. The van der Waals surface area contributed by atoms with Crippen LogP contribution in [0.1, 0.15) is 23.4 Å². The lowest BCUT2D eigenvalue weighted by Gasteiger charge is -2.08. The molecule has 106 valence electrons. The molecule has 20 heavy (non-hydrogen) atoms. The summed E-state index contributed by atoms with van der Waals surface area (Å²) in [6.45, 7) is 3.87. The van der Waals surface area contributed by atoms with Crippen molar-refractivity contribution in [3.05, 3.63) is 45.2 Å². The highest BCUT2D eigenvalue weighted by atomic mass is 35.5. The second kappa shape index (κ2) is 6.29. The van der Waals surface area contributed by atoms with E-state index in [1.807, 2.05) is 13.8 Å². The Labute approximate surface area is 127 Å². The van der Waals surface area contributed by atoms with Crippen LogP contribution in [0.3, 0.4) is 0 Å². The summed E-state index contributed by atoms with van der Waals surface area (Å²) in [6, 6.07) is 5.15. The van der Waals surface area contributed by atoms with E-state index in [4.69, 9.17) is 23.2 Å².